The molecule has 2 aromatic rings. The van der Waals surface area contributed by atoms with E-state index in [9.17, 15) is 49.1 Å². The van der Waals surface area contributed by atoms with E-state index in [-0.39, 0.29) is 23.8 Å². The van der Waals surface area contributed by atoms with Crippen LogP contribution < -0.4 is 11.1 Å². The lowest BCUT2D eigenvalue weighted by molar-refractivity contribution is -0.143. The predicted molar refractivity (Wildman–Crippen MR) is 92.0 cm³/mol. The number of benzene rings is 2. The Hall–Kier alpha value is -3.25. The minimum Gasteiger partial charge on any atom is -0.368 e. The van der Waals surface area contributed by atoms with Crippen LogP contribution in [0, 0.1) is 0 Å². The molecular formula is C19H13F9N2O2. The maximum absolute atomic E-state index is 12.9. The van der Waals surface area contributed by atoms with Gasteiger partial charge in [-0.1, -0.05) is 12.1 Å². The van der Waals surface area contributed by atoms with E-state index in [1.165, 1.54) is 0 Å². The third kappa shape index (κ3) is 6.37. The Labute approximate surface area is 174 Å². The second kappa shape index (κ2) is 8.71. The second-order valence-electron chi connectivity index (χ2n) is 6.62. The summed E-state index contributed by atoms with van der Waals surface area (Å²) in [5.74, 6) is -2.67. The fourth-order valence-corrected chi connectivity index (χ4v) is 2.62. The van der Waals surface area contributed by atoms with E-state index in [1.807, 2.05) is 5.32 Å². The van der Waals surface area contributed by atoms with E-state index in [1.54, 1.807) is 0 Å². The van der Waals surface area contributed by atoms with Crippen LogP contribution in [0.25, 0.3) is 0 Å². The SMILES string of the molecule is NC(=O)[C@H](Cc1ccc(C(F)(F)F)cc1)NC(=O)c1cc(C(F)(F)F)cc(C(F)(F)F)c1. The Balaban J connectivity index is 2.31. The van der Waals surface area contributed by atoms with Crippen LogP contribution >= 0.6 is 0 Å². The van der Waals surface area contributed by atoms with Crippen LogP contribution in [0.2, 0.25) is 0 Å². The zero-order valence-electron chi connectivity index (χ0n) is 15.6. The lowest BCUT2D eigenvalue weighted by atomic mass is 10.0. The average molecular weight is 472 g/mol. The molecule has 2 aromatic carbocycles. The van der Waals surface area contributed by atoms with Crippen molar-refractivity contribution in [3.8, 4) is 0 Å². The Morgan fingerprint density at radius 3 is 1.56 bits per heavy atom. The number of alkyl halides is 9. The number of carbonyl (C=O) groups excluding carboxylic acids is 2. The quantitative estimate of drug-likeness (QED) is 0.626. The molecule has 0 aliphatic rings. The van der Waals surface area contributed by atoms with Crippen molar-refractivity contribution in [2.45, 2.75) is 31.0 Å². The molecule has 13 heteroatoms. The zero-order chi connectivity index (χ0) is 24.5. The van der Waals surface area contributed by atoms with Crippen molar-refractivity contribution < 1.29 is 49.1 Å². The Morgan fingerprint density at radius 1 is 0.750 bits per heavy atom. The van der Waals surface area contributed by atoms with E-state index < -0.39 is 65.1 Å². The fourth-order valence-electron chi connectivity index (χ4n) is 2.62. The summed E-state index contributed by atoms with van der Waals surface area (Å²) in [6.45, 7) is 0. The van der Waals surface area contributed by atoms with E-state index >= 15 is 0 Å². The summed E-state index contributed by atoms with van der Waals surface area (Å²) in [5, 5.41) is 1.91. The molecule has 0 bridgehead atoms. The zero-order valence-corrected chi connectivity index (χ0v) is 15.6. The summed E-state index contributed by atoms with van der Waals surface area (Å²) in [6, 6.07) is 1.89. The monoisotopic (exact) mass is 472 g/mol. The fraction of sp³-hybridized carbons (Fsp3) is 0.263. The van der Waals surface area contributed by atoms with Gasteiger partial charge in [0.15, 0.2) is 0 Å². The van der Waals surface area contributed by atoms with Gasteiger partial charge in [-0.15, -0.1) is 0 Å². The number of hydrogen-bond acceptors (Lipinski definition) is 2. The second-order valence-corrected chi connectivity index (χ2v) is 6.62. The maximum atomic E-state index is 12.9. The number of nitrogens with one attached hydrogen (secondary N) is 1. The summed E-state index contributed by atoms with van der Waals surface area (Å²) in [6.07, 6.45) is -15.5. The summed E-state index contributed by atoms with van der Waals surface area (Å²) >= 11 is 0. The molecule has 2 amide bonds. The molecule has 0 fully saturated rings. The molecule has 0 radical (unpaired) electrons. The molecule has 0 heterocycles. The number of primary amides is 1. The molecule has 2 rings (SSSR count). The topological polar surface area (TPSA) is 72.2 Å². The highest BCUT2D eigenvalue weighted by molar-refractivity contribution is 5.97. The molecule has 0 saturated heterocycles. The van der Waals surface area contributed by atoms with E-state index in [2.05, 4.69) is 0 Å². The van der Waals surface area contributed by atoms with E-state index in [4.69, 9.17) is 5.73 Å². The van der Waals surface area contributed by atoms with Crippen LogP contribution in [0.3, 0.4) is 0 Å². The normalized spacial score (nSPS) is 13.5. The molecule has 0 aromatic heterocycles. The Kier molecular flexibility index (Phi) is 6.81. The van der Waals surface area contributed by atoms with Gasteiger partial charge < -0.3 is 11.1 Å². The third-order valence-electron chi connectivity index (χ3n) is 4.22. The van der Waals surface area contributed by atoms with Gasteiger partial charge in [-0.25, -0.2) is 0 Å². The number of amides is 2. The molecule has 0 unspecified atom stereocenters. The van der Waals surface area contributed by atoms with Gasteiger partial charge in [-0.3, -0.25) is 9.59 Å². The van der Waals surface area contributed by atoms with Crippen LogP contribution in [0.15, 0.2) is 42.5 Å². The minimum absolute atomic E-state index is 0.0992. The Morgan fingerprint density at radius 2 is 1.19 bits per heavy atom. The van der Waals surface area contributed by atoms with Gasteiger partial charge in [0.05, 0.1) is 16.7 Å². The summed E-state index contributed by atoms with van der Waals surface area (Å²) in [4.78, 5) is 23.9. The highest BCUT2D eigenvalue weighted by atomic mass is 19.4. The third-order valence-corrected chi connectivity index (χ3v) is 4.22. The molecule has 174 valence electrons. The van der Waals surface area contributed by atoms with Crippen LogP contribution in [-0.4, -0.2) is 17.9 Å². The highest BCUT2D eigenvalue weighted by Crippen LogP contribution is 2.36. The van der Waals surface area contributed by atoms with Crippen molar-refractivity contribution in [3.05, 3.63) is 70.3 Å². The van der Waals surface area contributed by atoms with Gasteiger partial charge >= 0.3 is 18.5 Å². The molecular weight excluding hydrogens is 459 g/mol. The lowest BCUT2D eigenvalue weighted by Gasteiger charge is -2.18. The smallest absolute Gasteiger partial charge is 0.368 e. The summed E-state index contributed by atoms with van der Waals surface area (Å²) in [7, 11) is 0. The number of halogens is 9. The van der Waals surface area contributed by atoms with Crippen LogP contribution in [0.1, 0.15) is 32.6 Å². The molecule has 0 spiro atoms. The van der Waals surface area contributed by atoms with Gasteiger partial charge in [0.25, 0.3) is 5.91 Å². The van der Waals surface area contributed by atoms with E-state index in [0.29, 0.717) is 12.1 Å². The first-order valence-electron chi connectivity index (χ1n) is 8.54. The molecule has 32 heavy (non-hydrogen) atoms. The van der Waals surface area contributed by atoms with Gasteiger partial charge in [0.1, 0.15) is 6.04 Å². The standard InChI is InChI=1S/C19H13F9N2O2/c20-17(21,22)11-3-1-9(2-4-11)5-14(15(29)31)30-16(32)10-6-12(18(23,24)25)8-13(7-10)19(26,27)28/h1-4,6-8,14H,5H2,(H2,29,31)(H,30,32)/t14-/m0/s1. The molecule has 1 atom stereocenters. The van der Waals surface area contributed by atoms with Gasteiger partial charge in [-0.2, -0.15) is 39.5 Å². The molecule has 0 saturated carbocycles. The van der Waals surface area contributed by atoms with Gasteiger partial charge in [0, 0.05) is 12.0 Å². The van der Waals surface area contributed by atoms with Crippen molar-refractivity contribution in [2.24, 2.45) is 5.73 Å². The summed E-state index contributed by atoms with van der Waals surface area (Å²) in [5.41, 5.74) is -0.298. The van der Waals surface area contributed by atoms with Crippen LogP contribution in [0.5, 0.6) is 0 Å². The minimum atomic E-state index is -5.19. The molecule has 0 aliphatic heterocycles. The van der Waals surface area contributed by atoms with Gasteiger partial charge in [0.2, 0.25) is 5.91 Å². The first-order valence-corrected chi connectivity index (χ1v) is 8.54. The van der Waals surface area contributed by atoms with Crippen molar-refractivity contribution in [3.63, 3.8) is 0 Å². The average Bonchev–Trinajstić information content (AvgIpc) is 2.65. The Bertz CT molecular complexity index is 962. The van der Waals surface area contributed by atoms with Crippen molar-refractivity contribution >= 4 is 11.8 Å². The number of hydrogen-bond donors (Lipinski definition) is 2. The van der Waals surface area contributed by atoms with Crippen LogP contribution in [0.4, 0.5) is 39.5 Å². The molecule has 3 N–H and O–H groups in total. The number of nitrogens with two attached hydrogens (primary N) is 1. The number of rotatable bonds is 5. The first-order chi connectivity index (χ1) is 14.5. The van der Waals surface area contributed by atoms with E-state index in [0.717, 1.165) is 12.1 Å². The molecule has 0 aliphatic carbocycles. The van der Waals surface area contributed by atoms with Crippen molar-refractivity contribution in [2.75, 3.05) is 0 Å². The predicted octanol–water partition coefficient (Wildman–Crippen LogP) is 4.57. The highest BCUT2D eigenvalue weighted by Gasteiger charge is 2.38. The van der Waals surface area contributed by atoms with Crippen molar-refractivity contribution in [1.29, 1.82) is 0 Å². The maximum Gasteiger partial charge on any atom is 0.416 e. The summed E-state index contributed by atoms with van der Waals surface area (Å²) < 4.78 is 115. The number of carbonyl (C=O) groups is 2. The van der Waals surface area contributed by atoms with Gasteiger partial charge in [-0.05, 0) is 35.9 Å². The van der Waals surface area contributed by atoms with Crippen LogP contribution in [-0.2, 0) is 29.7 Å². The largest absolute Gasteiger partial charge is 0.416 e. The van der Waals surface area contributed by atoms with Crippen molar-refractivity contribution in [1.82, 2.24) is 5.32 Å². The molecule has 4 nitrogen and oxygen atoms in total. The first kappa shape index (κ1) is 25.0. The lowest BCUT2D eigenvalue weighted by Crippen LogP contribution is -2.46.